The van der Waals surface area contributed by atoms with E-state index in [1.807, 2.05) is 19.9 Å². The zero-order valence-corrected chi connectivity index (χ0v) is 11.6. The van der Waals surface area contributed by atoms with Gasteiger partial charge in [0.25, 0.3) is 0 Å². The summed E-state index contributed by atoms with van der Waals surface area (Å²) in [7, 11) is 0. The smallest absolute Gasteiger partial charge is 0.0966 e. The number of nitrogens with two attached hydrogens (primary N) is 1. The van der Waals surface area contributed by atoms with Crippen molar-refractivity contribution in [3.8, 4) is 0 Å². The molecule has 0 fully saturated rings. The van der Waals surface area contributed by atoms with Crippen LogP contribution in [0.3, 0.4) is 0 Å². The van der Waals surface area contributed by atoms with Gasteiger partial charge in [-0.25, -0.2) is 4.98 Å². The fourth-order valence-corrected chi connectivity index (χ4v) is 2.71. The Kier molecular flexibility index (Phi) is 4.39. The van der Waals surface area contributed by atoms with Crippen molar-refractivity contribution in [2.75, 3.05) is 0 Å². The second-order valence-corrected chi connectivity index (χ2v) is 5.38. The standard InChI is InChI=1S/C15H18N2S/c1-11(16)14-8-9-15(17-12(14)2)18-10-13-6-4-3-5-7-13/h3-9,11H,10,16H2,1-2H3/t11-/m0/s1. The first-order valence-corrected chi connectivity index (χ1v) is 7.05. The lowest BCUT2D eigenvalue weighted by atomic mass is 10.1. The van der Waals surface area contributed by atoms with E-state index >= 15 is 0 Å². The largest absolute Gasteiger partial charge is 0.324 e. The van der Waals surface area contributed by atoms with E-state index in [1.54, 1.807) is 11.8 Å². The van der Waals surface area contributed by atoms with Crippen LogP contribution in [0.2, 0.25) is 0 Å². The number of hydrogen-bond donors (Lipinski definition) is 1. The number of rotatable bonds is 4. The highest BCUT2D eigenvalue weighted by Crippen LogP contribution is 2.23. The molecule has 0 aliphatic heterocycles. The van der Waals surface area contributed by atoms with Crippen molar-refractivity contribution in [1.82, 2.24) is 4.98 Å². The minimum atomic E-state index is 0.0469. The van der Waals surface area contributed by atoms with Crippen LogP contribution in [0.15, 0.2) is 47.5 Å². The molecule has 0 aliphatic carbocycles. The zero-order chi connectivity index (χ0) is 13.0. The quantitative estimate of drug-likeness (QED) is 0.850. The first-order valence-electron chi connectivity index (χ1n) is 6.06. The Hall–Kier alpha value is -1.32. The number of thioether (sulfide) groups is 1. The van der Waals surface area contributed by atoms with Crippen LogP contribution in [0.5, 0.6) is 0 Å². The lowest BCUT2D eigenvalue weighted by Crippen LogP contribution is -2.08. The molecule has 0 saturated heterocycles. The van der Waals surface area contributed by atoms with Crippen LogP contribution >= 0.6 is 11.8 Å². The van der Waals surface area contributed by atoms with Crippen molar-refractivity contribution < 1.29 is 0 Å². The van der Waals surface area contributed by atoms with Crippen molar-refractivity contribution >= 4 is 11.8 Å². The molecule has 0 bridgehead atoms. The number of aryl methyl sites for hydroxylation is 1. The third-order valence-corrected chi connectivity index (χ3v) is 3.82. The molecule has 0 unspecified atom stereocenters. The van der Waals surface area contributed by atoms with E-state index in [9.17, 15) is 0 Å². The normalized spacial score (nSPS) is 12.4. The number of aromatic nitrogens is 1. The zero-order valence-electron chi connectivity index (χ0n) is 10.8. The number of pyridine rings is 1. The molecule has 94 valence electrons. The predicted octanol–water partition coefficient (Wildman–Crippen LogP) is 3.70. The Morgan fingerprint density at radius 3 is 2.50 bits per heavy atom. The Morgan fingerprint density at radius 2 is 1.89 bits per heavy atom. The van der Waals surface area contributed by atoms with Gasteiger partial charge in [-0.1, -0.05) is 36.4 Å². The number of hydrogen-bond acceptors (Lipinski definition) is 3. The maximum absolute atomic E-state index is 5.88. The van der Waals surface area contributed by atoms with Gasteiger partial charge in [-0.3, -0.25) is 0 Å². The van der Waals surface area contributed by atoms with E-state index < -0.39 is 0 Å². The van der Waals surface area contributed by atoms with E-state index in [2.05, 4.69) is 41.4 Å². The molecule has 2 nitrogen and oxygen atoms in total. The molecular weight excluding hydrogens is 240 g/mol. The fraction of sp³-hybridized carbons (Fsp3) is 0.267. The highest BCUT2D eigenvalue weighted by molar-refractivity contribution is 7.98. The van der Waals surface area contributed by atoms with Crippen molar-refractivity contribution in [3.63, 3.8) is 0 Å². The molecule has 18 heavy (non-hydrogen) atoms. The molecule has 1 atom stereocenters. The molecule has 0 spiro atoms. The van der Waals surface area contributed by atoms with Crippen molar-refractivity contribution in [3.05, 3.63) is 59.3 Å². The van der Waals surface area contributed by atoms with Gasteiger partial charge in [-0.15, -0.1) is 11.8 Å². The van der Waals surface area contributed by atoms with Crippen LogP contribution in [-0.2, 0) is 5.75 Å². The molecule has 0 aliphatic rings. The number of benzene rings is 1. The molecule has 3 heteroatoms. The number of nitrogens with zero attached hydrogens (tertiary/aromatic N) is 1. The molecule has 1 heterocycles. The highest BCUT2D eigenvalue weighted by Gasteiger charge is 2.06. The Labute approximate surface area is 113 Å². The predicted molar refractivity (Wildman–Crippen MR) is 77.6 cm³/mol. The SMILES string of the molecule is Cc1nc(SCc2ccccc2)ccc1[C@H](C)N. The van der Waals surface area contributed by atoms with Gasteiger partial charge < -0.3 is 5.73 Å². The maximum atomic E-state index is 5.88. The molecule has 2 aromatic rings. The van der Waals surface area contributed by atoms with Gasteiger partial charge in [0, 0.05) is 17.5 Å². The highest BCUT2D eigenvalue weighted by atomic mass is 32.2. The third kappa shape index (κ3) is 3.34. The molecule has 0 amide bonds. The minimum Gasteiger partial charge on any atom is -0.324 e. The summed E-state index contributed by atoms with van der Waals surface area (Å²) in [4.78, 5) is 4.59. The Balaban J connectivity index is 2.05. The summed E-state index contributed by atoms with van der Waals surface area (Å²) in [5.74, 6) is 0.949. The summed E-state index contributed by atoms with van der Waals surface area (Å²) in [5.41, 5.74) is 9.36. The maximum Gasteiger partial charge on any atom is 0.0966 e. The average molecular weight is 258 g/mol. The van der Waals surface area contributed by atoms with Crippen LogP contribution in [0, 0.1) is 6.92 Å². The van der Waals surface area contributed by atoms with Gasteiger partial charge in [0.1, 0.15) is 0 Å². The average Bonchev–Trinajstić information content (AvgIpc) is 2.37. The van der Waals surface area contributed by atoms with Crippen LogP contribution in [0.1, 0.15) is 29.8 Å². The summed E-state index contributed by atoms with van der Waals surface area (Å²) in [6.45, 7) is 4.01. The Bertz CT molecular complexity index is 509. The lowest BCUT2D eigenvalue weighted by molar-refractivity contribution is 0.792. The van der Waals surface area contributed by atoms with E-state index in [0.29, 0.717) is 0 Å². The molecule has 0 radical (unpaired) electrons. The van der Waals surface area contributed by atoms with Crippen LogP contribution in [0.4, 0.5) is 0 Å². The van der Waals surface area contributed by atoms with Gasteiger partial charge in [-0.05, 0) is 31.0 Å². The van der Waals surface area contributed by atoms with E-state index in [1.165, 1.54) is 5.56 Å². The van der Waals surface area contributed by atoms with Crippen molar-refractivity contribution in [1.29, 1.82) is 0 Å². The Morgan fingerprint density at radius 1 is 1.17 bits per heavy atom. The lowest BCUT2D eigenvalue weighted by Gasteiger charge is -2.10. The summed E-state index contributed by atoms with van der Waals surface area (Å²) in [6.07, 6.45) is 0. The summed E-state index contributed by atoms with van der Waals surface area (Å²) in [6, 6.07) is 14.6. The van der Waals surface area contributed by atoms with Gasteiger partial charge in [-0.2, -0.15) is 0 Å². The fourth-order valence-electron chi connectivity index (χ4n) is 1.84. The second-order valence-electron chi connectivity index (χ2n) is 4.39. The third-order valence-electron chi connectivity index (χ3n) is 2.82. The molecule has 2 N–H and O–H groups in total. The first kappa shape index (κ1) is 13.1. The molecule has 2 rings (SSSR count). The van der Waals surface area contributed by atoms with E-state index in [-0.39, 0.29) is 6.04 Å². The first-order chi connectivity index (χ1) is 8.66. The minimum absolute atomic E-state index is 0.0469. The van der Waals surface area contributed by atoms with E-state index in [0.717, 1.165) is 22.0 Å². The summed E-state index contributed by atoms with van der Waals surface area (Å²) in [5, 5.41) is 1.06. The molecule has 1 aromatic carbocycles. The molecular formula is C15H18N2S. The van der Waals surface area contributed by atoms with Crippen molar-refractivity contribution in [2.45, 2.75) is 30.7 Å². The van der Waals surface area contributed by atoms with Crippen LogP contribution in [0.25, 0.3) is 0 Å². The van der Waals surface area contributed by atoms with Gasteiger partial charge in [0.05, 0.1) is 5.03 Å². The van der Waals surface area contributed by atoms with Crippen LogP contribution in [-0.4, -0.2) is 4.98 Å². The van der Waals surface area contributed by atoms with Gasteiger partial charge >= 0.3 is 0 Å². The molecule has 0 saturated carbocycles. The van der Waals surface area contributed by atoms with Crippen LogP contribution < -0.4 is 5.73 Å². The summed E-state index contributed by atoms with van der Waals surface area (Å²) >= 11 is 1.76. The second kappa shape index (κ2) is 6.03. The monoisotopic (exact) mass is 258 g/mol. The topological polar surface area (TPSA) is 38.9 Å². The van der Waals surface area contributed by atoms with Crippen molar-refractivity contribution in [2.24, 2.45) is 5.73 Å². The van der Waals surface area contributed by atoms with Gasteiger partial charge in [0.15, 0.2) is 0 Å². The van der Waals surface area contributed by atoms with E-state index in [4.69, 9.17) is 5.73 Å². The summed E-state index contributed by atoms with van der Waals surface area (Å²) < 4.78 is 0. The van der Waals surface area contributed by atoms with Gasteiger partial charge in [0.2, 0.25) is 0 Å². The molecule has 1 aromatic heterocycles.